The Morgan fingerprint density at radius 3 is 2.56 bits per heavy atom. The van der Waals surface area contributed by atoms with Crippen molar-refractivity contribution in [3.05, 3.63) is 82.7 Å². The third-order valence-corrected chi connectivity index (χ3v) is 6.75. The highest BCUT2D eigenvalue weighted by molar-refractivity contribution is 5.25. The second-order valence-electron chi connectivity index (χ2n) is 9.29. The van der Waals surface area contributed by atoms with Crippen LogP contribution in [0.25, 0.3) is 0 Å². The maximum Gasteiger partial charge on any atom is 0.106 e. The largest absolute Gasteiger partial charge is 0.346 e. The fourth-order valence-corrected chi connectivity index (χ4v) is 4.75. The summed E-state index contributed by atoms with van der Waals surface area (Å²) in [4.78, 5) is 17.8. The fraction of sp³-hybridized carbons (Fsp3) is 0.481. The van der Waals surface area contributed by atoms with Crippen molar-refractivity contribution in [3.63, 3.8) is 0 Å². The first kappa shape index (κ1) is 22.7. The van der Waals surface area contributed by atoms with Gasteiger partial charge in [0.15, 0.2) is 0 Å². The average molecular weight is 432 g/mol. The van der Waals surface area contributed by atoms with Gasteiger partial charge >= 0.3 is 0 Å². The lowest BCUT2D eigenvalue weighted by Gasteiger charge is -2.35. The van der Waals surface area contributed by atoms with Gasteiger partial charge in [0.25, 0.3) is 0 Å². The van der Waals surface area contributed by atoms with Crippen LogP contribution in [0.4, 0.5) is 0 Å². The molecule has 0 bridgehead atoms. The molecule has 170 valence electrons. The molecule has 2 aromatic heterocycles. The molecule has 5 nitrogen and oxygen atoms in total. The summed E-state index contributed by atoms with van der Waals surface area (Å²) < 4.78 is 0. The number of aryl methyl sites for hydroxylation is 3. The average Bonchev–Trinajstić information content (AvgIpc) is 3.16. The van der Waals surface area contributed by atoms with E-state index in [1.54, 1.807) is 0 Å². The van der Waals surface area contributed by atoms with E-state index in [4.69, 9.17) is 4.98 Å². The fourth-order valence-electron chi connectivity index (χ4n) is 4.75. The predicted octanol–water partition coefficient (Wildman–Crippen LogP) is 4.90. The molecular weight excluding hydrogens is 394 g/mol. The van der Waals surface area contributed by atoms with E-state index in [1.807, 2.05) is 18.5 Å². The van der Waals surface area contributed by atoms with E-state index in [9.17, 15) is 0 Å². The number of benzene rings is 1. The zero-order valence-corrected chi connectivity index (χ0v) is 19.8. The number of aromatic amines is 1. The predicted molar refractivity (Wildman–Crippen MR) is 130 cm³/mol. The number of likely N-dealkylation sites (tertiary alicyclic amines) is 1. The summed E-state index contributed by atoms with van der Waals surface area (Å²) in [6.07, 6.45) is 7.31. The van der Waals surface area contributed by atoms with Gasteiger partial charge in [0.1, 0.15) is 5.82 Å². The number of piperidine rings is 1. The van der Waals surface area contributed by atoms with Crippen molar-refractivity contribution >= 4 is 0 Å². The van der Waals surface area contributed by atoms with Gasteiger partial charge in [-0.15, -0.1) is 0 Å². The molecule has 4 rings (SSSR count). The van der Waals surface area contributed by atoms with E-state index in [0.29, 0.717) is 0 Å². The van der Waals surface area contributed by atoms with Gasteiger partial charge in [-0.2, -0.15) is 0 Å². The van der Waals surface area contributed by atoms with Crippen LogP contribution in [-0.4, -0.2) is 44.4 Å². The van der Waals surface area contributed by atoms with Gasteiger partial charge in [-0.3, -0.25) is 14.8 Å². The molecule has 0 amide bonds. The zero-order chi connectivity index (χ0) is 22.3. The van der Waals surface area contributed by atoms with Gasteiger partial charge in [0.2, 0.25) is 0 Å². The van der Waals surface area contributed by atoms with E-state index in [0.717, 1.165) is 44.3 Å². The lowest BCUT2D eigenvalue weighted by Crippen LogP contribution is -2.38. The molecule has 3 heterocycles. The van der Waals surface area contributed by atoms with E-state index in [-0.39, 0.29) is 0 Å². The smallest absolute Gasteiger partial charge is 0.106 e. The summed E-state index contributed by atoms with van der Waals surface area (Å²) in [6.45, 7) is 12.9. The minimum Gasteiger partial charge on any atom is -0.346 e. The molecule has 0 spiro atoms. The Hall–Kier alpha value is -2.50. The Morgan fingerprint density at radius 1 is 1.06 bits per heavy atom. The number of pyridine rings is 1. The van der Waals surface area contributed by atoms with Crippen LogP contribution >= 0.6 is 0 Å². The van der Waals surface area contributed by atoms with Crippen LogP contribution in [0.3, 0.4) is 0 Å². The number of aromatic nitrogens is 3. The SMILES string of the molecule is CCc1nc(CN(Cc2cccnc2)CC2CCN(Cc3ccccc3C)CC2)c(C)[nH]1. The normalized spacial score (nSPS) is 15.5. The van der Waals surface area contributed by atoms with Crippen molar-refractivity contribution in [3.8, 4) is 0 Å². The van der Waals surface area contributed by atoms with Gasteiger partial charge in [0, 0.05) is 50.7 Å². The lowest BCUT2D eigenvalue weighted by atomic mass is 9.95. The van der Waals surface area contributed by atoms with Gasteiger partial charge in [0.05, 0.1) is 5.69 Å². The van der Waals surface area contributed by atoms with E-state index < -0.39 is 0 Å². The highest BCUT2D eigenvalue weighted by Gasteiger charge is 2.23. The van der Waals surface area contributed by atoms with Crippen LogP contribution in [-0.2, 0) is 26.1 Å². The summed E-state index contributed by atoms with van der Waals surface area (Å²) in [7, 11) is 0. The van der Waals surface area contributed by atoms with E-state index in [1.165, 1.54) is 54.0 Å². The monoisotopic (exact) mass is 431 g/mol. The van der Waals surface area contributed by atoms with Gasteiger partial charge < -0.3 is 4.98 Å². The van der Waals surface area contributed by atoms with Gasteiger partial charge in [-0.05, 0) is 68.5 Å². The molecule has 0 atom stereocenters. The molecule has 1 fully saturated rings. The van der Waals surface area contributed by atoms with Crippen LogP contribution in [0.5, 0.6) is 0 Å². The molecule has 1 N–H and O–H groups in total. The van der Waals surface area contributed by atoms with Crippen LogP contribution in [0.1, 0.15) is 53.7 Å². The molecule has 1 aliphatic heterocycles. The minimum atomic E-state index is 0.727. The van der Waals surface area contributed by atoms with Crippen molar-refractivity contribution in [2.24, 2.45) is 5.92 Å². The molecule has 5 heteroatoms. The van der Waals surface area contributed by atoms with Crippen molar-refractivity contribution in [2.75, 3.05) is 19.6 Å². The summed E-state index contributed by atoms with van der Waals surface area (Å²) >= 11 is 0. The van der Waals surface area contributed by atoms with E-state index >= 15 is 0 Å². The number of rotatable bonds is 9. The van der Waals surface area contributed by atoms with Crippen molar-refractivity contribution in [2.45, 2.75) is 59.7 Å². The number of hydrogen-bond acceptors (Lipinski definition) is 4. The first-order valence-corrected chi connectivity index (χ1v) is 12.0. The first-order chi connectivity index (χ1) is 15.6. The zero-order valence-electron chi connectivity index (χ0n) is 19.8. The van der Waals surface area contributed by atoms with E-state index in [2.05, 4.69) is 70.9 Å². The molecular formula is C27H37N5. The third-order valence-electron chi connectivity index (χ3n) is 6.75. The Bertz CT molecular complexity index is 973. The number of hydrogen-bond donors (Lipinski definition) is 1. The van der Waals surface area contributed by atoms with Crippen LogP contribution < -0.4 is 0 Å². The van der Waals surface area contributed by atoms with Crippen LogP contribution in [0, 0.1) is 19.8 Å². The van der Waals surface area contributed by atoms with Crippen molar-refractivity contribution < 1.29 is 0 Å². The maximum atomic E-state index is 4.85. The van der Waals surface area contributed by atoms with Crippen LogP contribution in [0.15, 0.2) is 48.8 Å². The molecule has 0 unspecified atom stereocenters. The number of nitrogens with one attached hydrogen (secondary N) is 1. The second-order valence-corrected chi connectivity index (χ2v) is 9.29. The van der Waals surface area contributed by atoms with Crippen molar-refractivity contribution in [1.29, 1.82) is 0 Å². The molecule has 3 aromatic rings. The highest BCUT2D eigenvalue weighted by atomic mass is 15.2. The number of imidazole rings is 1. The first-order valence-electron chi connectivity index (χ1n) is 12.0. The summed E-state index contributed by atoms with van der Waals surface area (Å²) in [5.74, 6) is 1.81. The molecule has 0 radical (unpaired) electrons. The number of nitrogens with zero attached hydrogens (tertiary/aromatic N) is 4. The molecule has 0 saturated carbocycles. The Morgan fingerprint density at radius 2 is 1.88 bits per heavy atom. The Balaban J connectivity index is 1.37. The van der Waals surface area contributed by atoms with Crippen LogP contribution in [0.2, 0.25) is 0 Å². The minimum absolute atomic E-state index is 0.727. The molecule has 1 aliphatic rings. The topological polar surface area (TPSA) is 48.1 Å². The van der Waals surface area contributed by atoms with Gasteiger partial charge in [-0.1, -0.05) is 37.3 Å². The summed E-state index contributed by atoms with van der Waals surface area (Å²) in [6, 6.07) is 13.0. The maximum absolute atomic E-state index is 4.85. The summed E-state index contributed by atoms with van der Waals surface area (Å²) in [5, 5.41) is 0. The standard InChI is InChI=1S/C27H37N5/c1-4-27-29-22(3)26(30-27)20-32(18-24-9-7-13-28-16-24)17-23-11-14-31(15-12-23)19-25-10-6-5-8-21(25)2/h5-10,13,16,23H,4,11-12,14-15,17-20H2,1-3H3,(H,29,30). The molecule has 1 aromatic carbocycles. The highest BCUT2D eigenvalue weighted by Crippen LogP contribution is 2.23. The van der Waals surface area contributed by atoms with Crippen molar-refractivity contribution in [1.82, 2.24) is 24.8 Å². The third kappa shape index (κ3) is 6.05. The quantitative estimate of drug-likeness (QED) is 0.524. The molecule has 0 aliphatic carbocycles. The molecule has 1 saturated heterocycles. The number of H-pyrrole nitrogens is 1. The lowest BCUT2D eigenvalue weighted by molar-refractivity contribution is 0.131. The van der Waals surface area contributed by atoms with Gasteiger partial charge in [-0.25, -0.2) is 4.98 Å². The second kappa shape index (κ2) is 10.9. The Kier molecular flexibility index (Phi) is 7.72. The summed E-state index contributed by atoms with van der Waals surface area (Å²) in [5.41, 5.74) is 6.52. The molecule has 32 heavy (non-hydrogen) atoms. The Labute approximate surface area is 192 Å².